The first-order chi connectivity index (χ1) is 10.3. The average molecular weight is 291 g/mol. The zero-order valence-electron chi connectivity index (χ0n) is 12.0. The van der Waals surface area contributed by atoms with E-state index >= 15 is 0 Å². The number of para-hydroxylation sites is 1. The van der Waals surface area contributed by atoms with E-state index in [4.69, 9.17) is 4.74 Å². The molecule has 0 aliphatic carbocycles. The van der Waals surface area contributed by atoms with Gasteiger partial charge in [-0.2, -0.15) is 0 Å². The molecule has 1 fully saturated rings. The van der Waals surface area contributed by atoms with Crippen LogP contribution >= 0.6 is 0 Å². The molecule has 1 aromatic carbocycles. The van der Waals surface area contributed by atoms with Gasteiger partial charge in [-0.1, -0.05) is 18.2 Å². The van der Waals surface area contributed by atoms with Crippen molar-refractivity contribution in [3.05, 3.63) is 30.3 Å². The van der Waals surface area contributed by atoms with E-state index in [0.717, 1.165) is 25.3 Å². The van der Waals surface area contributed by atoms with Crippen molar-refractivity contribution < 1.29 is 14.3 Å². The standard InChI is InChI=1S/C15H21N3O3/c19-14(15(20)18-10-4-7-16-8-11-18)17-9-12-21-13-5-2-1-3-6-13/h1-3,5-6,16H,4,7-12H2,(H,17,19). The van der Waals surface area contributed by atoms with Crippen LogP contribution in [0, 0.1) is 0 Å². The van der Waals surface area contributed by atoms with Crippen molar-refractivity contribution in [3.63, 3.8) is 0 Å². The highest BCUT2D eigenvalue weighted by Gasteiger charge is 2.21. The highest BCUT2D eigenvalue weighted by molar-refractivity contribution is 6.35. The molecule has 1 aliphatic heterocycles. The summed E-state index contributed by atoms with van der Waals surface area (Å²) in [6, 6.07) is 9.35. The second-order valence-corrected chi connectivity index (χ2v) is 4.81. The maximum absolute atomic E-state index is 12.0. The SMILES string of the molecule is O=C(NCCOc1ccccc1)C(=O)N1CCCNCC1. The van der Waals surface area contributed by atoms with Crippen LogP contribution in [0.4, 0.5) is 0 Å². The molecule has 2 N–H and O–H groups in total. The lowest BCUT2D eigenvalue weighted by atomic mass is 10.3. The number of carbonyl (C=O) groups excluding carboxylic acids is 2. The Balaban J connectivity index is 1.67. The summed E-state index contributed by atoms with van der Waals surface area (Å²) in [5.74, 6) is -0.274. The predicted molar refractivity (Wildman–Crippen MR) is 79.0 cm³/mol. The molecule has 1 saturated heterocycles. The molecule has 0 aromatic heterocycles. The van der Waals surface area contributed by atoms with E-state index in [1.54, 1.807) is 4.90 Å². The quantitative estimate of drug-likeness (QED) is 0.605. The maximum atomic E-state index is 12.0. The van der Waals surface area contributed by atoms with Crippen molar-refractivity contribution in [1.29, 1.82) is 0 Å². The topological polar surface area (TPSA) is 70.7 Å². The normalized spacial score (nSPS) is 15.1. The first-order valence-electron chi connectivity index (χ1n) is 7.23. The van der Waals surface area contributed by atoms with Crippen LogP contribution in [-0.2, 0) is 9.59 Å². The Morgan fingerprint density at radius 1 is 1.19 bits per heavy atom. The largest absolute Gasteiger partial charge is 0.492 e. The molecule has 6 heteroatoms. The number of nitrogens with zero attached hydrogens (tertiary/aromatic N) is 1. The Morgan fingerprint density at radius 3 is 2.81 bits per heavy atom. The van der Waals surface area contributed by atoms with Crippen molar-refractivity contribution in [2.24, 2.45) is 0 Å². The van der Waals surface area contributed by atoms with Crippen molar-refractivity contribution in [2.75, 3.05) is 39.3 Å². The number of hydrogen-bond acceptors (Lipinski definition) is 4. The minimum atomic E-state index is -0.562. The number of hydrogen-bond donors (Lipinski definition) is 2. The molecule has 1 aromatic rings. The molecule has 0 atom stereocenters. The van der Waals surface area contributed by atoms with Crippen LogP contribution in [0.3, 0.4) is 0 Å². The Labute approximate surface area is 124 Å². The first-order valence-corrected chi connectivity index (χ1v) is 7.23. The third-order valence-electron chi connectivity index (χ3n) is 3.22. The van der Waals surface area contributed by atoms with Crippen LogP contribution in [0.15, 0.2) is 30.3 Å². The van der Waals surface area contributed by atoms with Gasteiger partial charge in [0.2, 0.25) is 0 Å². The minimum absolute atomic E-state index is 0.311. The fraction of sp³-hybridized carbons (Fsp3) is 0.467. The van der Waals surface area contributed by atoms with Crippen LogP contribution in [0.5, 0.6) is 5.75 Å². The van der Waals surface area contributed by atoms with Crippen molar-refractivity contribution >= 4 is 11.8 Å². The molecule has 2 rings (SSSR count). The second-order valence-electron chi connectivity index (χ2n) is 4.81. The summed E-state index contributed by atoms with van der Waals surface area (Å²) >= 11 is 0. The smallest absolute Gasteiger partial charge is 0.311 e. The van der Waals surface area contributed by atoms with E-state index in [2.05, 4.69) is 10.6 Å². The van der Waals surface area contributed by atoms with Crippen molar-refractivity contribution in [2.45, 2.75) is 6.42 Å². The molecular weight excluding hydrogens is 270 g/mol. The van der Waals surface area contributed by atoms with E-state index in [-0.39, 0.29) is 0 Å². The third kappa shape index (κ3) is 5.07. The molecule has 6 nitrogen and oxygen atoms in total. The van der Waals surface area contributed by atoms with Gasteiger partial charge < -0.3 is 20.3 Å². The predicted octanol–water partition coefficient (Wildman–Crippen LogP) is 0.00350. The van der Waals surface area contributed by atoms with Gasteiger partial charge in [-0.05, 0) is 25.1 Å². The van der Waals surface area contributed by atoms with Crippen molar-refractivity contribution in [3.8, 4) is 5.75 Å². The van der Waals surface area contributed by atoms with Crippen LogP contribution in [-0.4, -0.2) is 56.0 Å². The molecule has 0 unspecified atom stereocenters. The number of rotatable bonds is 4. The van der Waals surface area contributed by atoms with E-state index in [1.807, 2.05) is 30.3 Å². The highest BCUT2D eigenvalue weighted by atomic mass is 16.5. The monoisotopic (exact) mass is 291 g/mol. The average Bonchev–Trinajstić information content (AvgIpc) is 2.81. The van der Waals surface area contributed by atoms with Gasteiger partial charge in [0.15, 0.2) is 0 Å². The molecule has 0 bridgehead atoms. The minimum Gasteiger partial charge on any atom is -0.492 e. The lowest BCUT2D eigenvalue weighted by Crippen LogP contribution is -2.45. The van der Waals surface area contributed by atoms with Gasteiger partial charge in [0.25, 0.3) is 0 Å². The fourth-order valence-electron chi connectivity index (χ4n) is 2.12. The van der Waals surface area contributed by atoms with Gasteiger partial charge in [-0.25, -0.2) is 0 Å². The lowest BCUT2D eigenvalue weighted by molar-refractivity contribution is -0.145. The van der Waals surface area contributed by atoms with E-state index in [9.17, 15) is 9.59 Å². The molecule has 114 valence electrons. The maximum Gasteiger partial charge on any atom is 0.311 e. The van der Waals surface area contributed by atoms with Gasteiger partial charge in [0.1, 0.15) is 12.4 Å². The zero-order valence-corrected chi connectivity index (χ0v) is 12.0. The molecule has 0 saturated carbocycles. The first kappa shape index (κ1) is 15.3. The lowest BCUT2D eigenvalue weighted by Gasteiger charge is -2.19. The number of carbonyl (C=O) groups is 2. The van der Waals surface area contributed by atoms with Gasteiger partial charge in [-0.15, -0.1) is 0 Å². The molecule has 0 spiro atoms. The fourth-order valence-corrected chi connectivity index (χ4v) is 2.12. The van der Waals surface area contributed by atoms with Gasteiger partial charge >= 0.3 is 11.8 Å². The summed E-state index contributed by atoms with van der Waals surface area (Å²) in [5, 5.41) is 5.79. The summed E-state index contributed by atoms with van der Waals surface area (Å²) < 4.78 is 5.45. The Hall–Kier alpha value is -2.08. The van der Waals surface area contributed by atoms with Gasteiger partial charge in [0, 0.05) is 19.6 Å². The van der Waals surface area contributed by atoms with Gasteiger partial charge in [0.05, 0.1) is 6.54 Å². The molecule has 0 radical (unpaired) electrons. The van der Waals surface area contributed by atoms with E-state index < -0.39 is 11.8 Å². The number of amides is 2. The summed E-state index contributed by atoms with van der Waals surface area (Å²) in [5.41, 5.74) is 0. The summed E-state index contributed by atoms with van der Waals surface area (Å²) in [4.78, 5) is 25.3. The van der Waals surface area contributed by atoms with E-state index in [1.165, 1.54) is 0 Å². The van der Waals surface area contributed by atoms with Gasteiger partial charge in [-0.3, -0.25) is 9.59 Å². The number of ether oxygens (including phenoxy) is 1. The molecule has 2 amide bonds. The Morgan fingerprint density at radius 2 is 2.00 bits per heavy atom. The van der Waals surface area contributed by atoms with Crippen LogP contribution in [0.25, 0.3) is 0 Å². The van der Waals surface area contributed by atoms with Crippen LogP contribution < -0.4 is 15.4 Å². The molecule has 1 heterocycles. The van der Waals surface area contributed by atoms with Crippen LogP contribution in [0.2, 0.25) is 0 Å². The van der Waals surface area contributed by atoms with Crippen molar-refractivity contribution in [1.82, 2.24) is 15.5 Å². The Bertz CT molecular complexity index is 456. The van der Waals surface area contributed by atoms with E-state index in [0.29, 0.717) is 26.2 Å². The third-order valence-corrected chi connectivity index (χ3v) is 3.22. The summed E-state index contributed by atoms with van der Waals surface area (Å²) in [6.07, 6.45) is 0.871. The molecular formula is C15H21N3O3. The number of benzene rings is 1. The second kappa shape index (κ2) is 8.26. The molecule has 1 aliphatic rings. The summed E-state index contributed by atoms with van der Waals surface area (Å²) in [6.45, 7) is 3.47. The number of nitrogens with one attached hydrogen (secondary N) is 2. The van der Waals surface area contributed by atoms with Crippen LogP contribution in [0.1, 0.15) is 6.42 Å². The highest BCUT2D eigenvalue weighted by Crippen LogP contribution is 2.07. The molecule has 21 heavy (non-hydrogen) atoms. The Kier molecular flexibility index (Phi) is 6.02. The zero-order chi connectivity index (χ0) is 14.9. The summed E-state index contributed by atoms with van der Waals surface area (Å²) in [7, 11) is 0.